The molecule has 6 heteroatoms. The molecule has 1 atom stereocenters. The third kappa shape index (κ3) is 3.87. The Morgan fingerprint density at radius 3 is 2.71 bits per heavy atom. The largest absolute Gasteiger partial charge is 0.490 e. The molecule has 2 N–H and O–H groups in total. The van der Waals surface area contributed by atoms with Crippen molar-refractivity contribution in [2.45, 2.75) is 38.8 Å². The second-order valence-electron chi connectivity index (χ2n) is 5.96. The predicted molar refractivity (Wildman–Crippen MR) is 75.8 cm³/mol. The summed E-state index contributed by atoms with van der Waals surface area (Å²) in [6, 6.07) is 4.73. The summed E-state index contributed by atoms with van der Waals surface area (Å²) >= 11 is 0. The number of nitrogens with one attached hydrogen (secondary N) is 1. The average molecular weight is 293 g/mol. The lowest BCUT2D eigenvalue weighted by Gasteiger charge is -2.28. The van der Waals surface area contributed by atoms with Crippen LogP contribution in [0.4, 0.5) is 4.79 Å². The molecule has 6 nitrogen and oxygen atoms in total. The van der Waals surface area contributed by atoms with Gasteiger partial charge in [-0.15, -0.1) is 0 Å². The van der Waals surface area contributed by atoms with Gasteiger partial charge in [-0.2, -0.15) is 0 Å². The first-order valence-electron chi connectivity index (χ1n) is 6.74. The van der Waals surface area contributed by atoms with E-state index in [1.807, 2.05) is 0 Å². The van der Waals surface area contributed by atoms with E-state index >= 15 is 0 Å². The molecular formula is C15H19NO5. The van der Waals surface area contributed by atoms with E-state index in [0.717, 1.165) is 5.56 Å². The second-order valence-corrected chi connectivity index (χ2v) is 5.96. The van der Waals surface area contributed by atoms with E-state index in [9.17, 15) is 9.59 Å². The summed E-state index contributed by atoms with van der Waals surface area (Å²) in [5.74, 6) is -0.641. The third-order valence-corrected chi connectivity index (χ3v) is 2.94. The molecule has 1 aromatic carbocycles. The minimum absolute atomic E-state index is 0.142. The second kappa shape index (κ2) is 5.63. The summed E-state index contributed by atoms with van der Waals surface area (Å²) in [5, 5.41) is 11.8. The molecule has 0 bridgehead atoms. The van der Waals surface area contributed by atoms with E-state index in [-0.39, 0.29) is 18.2 Å². The van der Waals surface area contributed by atoms with E-state index in [2.05, 4.69) is 5.32 Å². The lowest BCUT2D eigenvalue weighted by atomic mass is 9.99. The monoisotopic (exact) mass is 293 g/mol. The minimum Gasteiger partial charge on any atom is -0.490 e. The van der Waals surface area contributed by atoms with E-state index < -0.39 is 17.7 Å². The molecular weight excluding hydrogens is 274 g/mol. The van der Waals surface area contributed by atoms with E-state index in [4.69, 9.17) is 14.6 Å². The molecule has 1 aromatic rings. The van der Waals surface area contributed by atoms with Gasteiger partial charge in [0, 0.05) is 0 Å². The Bertz CT molecular complexity index is 562. The number of carbonyl (C=O) groups is 2. The Balaban J connectivity index is 2.05. The number of carboxylic acid groups (broad SMARTS) is 1. The molecule has 0 fully saturated rings. The number of fused-ring (bicyclic) bond motifs is 1. The van der Waals surface area contributed by atoms with Crippen LogP contribution in [0.1, 0.15) is 36.7 Å². The van der Waals surface area contributed by atoms with Crippen LogP contribution in [0.5, 0.6) is 5.75 Å². The zero-order valence-corrected chi connectivity index (χ0v) is 12.3. The SMILES string of the molecule is CC(C)(C)OC(=O)NC1COc2c(cccc2C(=O)O)C1. The first kappa shape index (κ1) is 15.2. The Labute approximate surface area is 123 Å². The fourth-order valence-corrected chi connectivity index (χ4v) is 2.16. The topological polar surface area (TPSA) is 84.9 Å². The highest BCUT2D eigenvalue weighted by molar-refractivity contribution is 5.91. The van der Waals surface area contributed by atoms with Gasteiger partial charge >= 0.3 is 12.1 Å². The van der Waals surface area contributed by atoms with Crippen molar-refractivity contribution in [3.8, 4) is 5.75 Å². The van der Waals surface area contributed by atoms with Crippen LogP contribution in [0.2, 0.25) is 0 Å². The minimum atomic E-state index is -1.02. The summed E-state index contributed by atoms with van der Waals surface area (Å²) in [6.45, 7) is 5.59. The molecule has 0 spiro atoms. The zero-order chi connectivity index (χ0) is 15.6. The molecule has 0 saturated carbocycles. The highest BCUT2D eigenvalue weighted by Gasteiger charge is 2.26. The molecule has 1 aliphatic rings. The number of rotatable bonds is 2. The molecule has 0 radical (unpaired) electrons. The van der Waals surface area contributed by atoms with Gasteiger partial charge in [-0.1, -0.05) is 12.1 Å². The van der Waals surface area contributed by atoms with Gasteiger partial charge in [0.25, 0.3) is 0 Å². The van der Waals surface area contributed by atoms with E-state index in [0.29, 0.717) is 12.2 Å². The molecule has 2 rings (SSSR count). The van der Waals surface area contributed by atoms with Crippen molar-refractivity contribution in [1.82, 2.24) is 5.32 Å². The molecule has 114 valence electrons. The number of carbonyl (C=O) groups excluding carboxylic acids is 1. The summed E-state index contributed by atoms with van der Waals surface area (Å²) in [6.07, 6.45) is 0.00401. The van der Waals surface area contributed by atoms with Gasteiger partial charge in [-0.3, -0.25) is 0 Å². The van der Waals surface area contributed by atoms with Crippen molar-refractivity contribution >= 4 is 12.1 Å². The quantitative estimate of drug-likeness (QED) is 0.873. The number of ether oxygens (including phenoxy) is 2. The fourth-order valence-electron chi connectivity index (χ4n) is 2.16. The predicted octanol–water partition coefficient (Wildman–Crippen LogP) is 2.21. The Morgan fingerprint density at radius 2 is 2.10 bits per heavy atom. The van der Waals surface area contributed by atoms with Crippen LogP contribution in [-0.4, -0.2) is 35.4 Å². The molecule has 0 saturated heterocycles. The van der Waals surface area contributed by atoms with Crippen molar-refractivity contribution in [3.63, 3.8) is 0 Å². The maximum absolute atomic E-state index is 11.7. The van der Waals surface area contributed by atoms with Gasteiger partial charge in [0.05, 0.1) is 6.04 Å². The van der Waals surface area contributed by atoms with Crippen LogP contribution in [-0.2, 0) is 11.2 Å². The smallest absolute Gasteiger partial charge is 0.408 e. The zero-order valence-electron chi connectivity index (χ0n) is 12.3. The molecule has 1 amide bonds. The summed E-state index contributed by atoms with van der Waals surface area (Å²) < 4.78 is 10.7. The van der Waals surface area contributed by atoms with Gasteiger partial charge in [0.2, 0.25) is 0 Å². The van der Waals surface area contributed by atoms with Gasteiger partial charge in [-0.05, 0) is 38.8 Å². The number of hydrogen-bond acceptors (Lipinski definition) is 4. The summed E-state index contributed by atoms with van der Waals surface area (Å²) in [4.78, 5) is 22.9. The summed E-state index contributed by atoms with van der Waals surface area (Å²) in [7, 11) is 0. The first-order valence-corrected chi connectivity index (χ1v) is 6.74. The lowest BCUT2D eigenvalue weighted by Crippen LogP contribution is -2.45. The van der Waals surface area contributed by atoms with Crippen molar-refractivity contribution in [3.05, 3.63) is 29.3 Å². The van der Waals surface area contributed by atoms with E-state index in [1.54, 1.807) is 32.9 Å². The number of alkyl carbamates (subject to hydrolysis) is 1. The highest BCUT2D eigenvalue weighted by Crippen LogP contribution is 2.29. The third-order valence-electron chi connectivity index (χ3n) is 2.94. The van der Waals surface area contributed by atoms with Crippen LogP contribution < -0.4 is 10.1 Å². The standard InChI is InChI=1S/C15H19NO5/c1-15(2,3)21-14(19)16-10-7-9-5-4-6-11(13(17)18)12(9)20-8-10/h4-6,10H,7-8H2,1-3H3,(H,16,19)(H,17,18). The van der Waals surface area contributed by atoms with E-state index in [1.165, 1.54) is 6.07 Å². The lowest BCUT2D eigenvalue weighted by molar-refractivity contribution is 0.0478. The first-order chi connectivity index (χ1) is 9.76. The Morgan fingerprint density at radius 1 is 1.38 bits per heavy atom. The maximum Gasteiger partial charge on any atom is 0.408 e. The normalized spacial score (nSPS) is 17.4. The number of hydrogen-bond donors (Lipinski definition) is 2. The van der Waals surface area contributed by atoms with Gasteiger partial charge in [0.1, 0.15) is 23.5 Å². The number of benzene rings is 1. The van der Waals surface area contributed by atoms with Gasteiger partial charge < -0.3 is 19.9 Å². The van der Waals surface area contributed by atoms with Gasteiger partial charge in [0.15, 0.2) is 0 Å². The van der Waals surface area contributed by atoms with Gasteiger partial charge in [-0.25, -0.2) is 9.59 Å². The fraction of sp³-hybridized carbons (Fsp3) is 0.467. The summed E-state index contributed by atoms with van der Waals surface area (Å²) in [5.41, 5.74) is 0.346. The van der Waals surface area contributed by atoms with Crippen molar-refractivity contribution < 1.29 is 24.2 Å². The maximum atomic E-state index is 11.7. The van der Waals surface area contributed by atoms with Crippen LogP contribution in [0, 0.1) is 0 Å². The molecule has 21 heavy (non-hydrogen) atoms. The number of para-hydroxylation sites is 1. The number of aromatic carboxylic acids is 1. The van der Waals surface area contributed by atoms with Crippen LogP contribution >= 0.6 is 0 Å². The molecule has 1 aliphatic heterocycles. The Kier molecular flexibility index (Phi) is 4.06. The average Bonchev–Trinajstić information content (AvgIpc) is 2.35. The van der Waals surface area contributed by atoms with Crippen molar-refractivity contribution in [1.29, 1.82) is 0 Å². The number of amides is 1. The number of carboxylic acids is 1. The molecule has 1 unspecified atom stereocenters. The molecule has 1 heterocycles. The van der Waals surface area contributed by atoms with Crippen molar-refractivity contribution in [2.24, 2.45) is 0 Å². The molecule has 0 aliphatic carbocycles. The van der Waals surface area contributed by atoms with Crippen molar-refractivity contribution in [2.75, 3.05) is 6.61 Å². The highest BCUT2D eigenvalue weighted by atomic mass is 16.6. The van der Waals surface area contributed by atoms with Crippen LogP contribution in [0.25, 0.3) is 0 Å². The van der Waals surface area contributed by atoms with Crippen LogP contribution in [0.15, 0.2) is 18.2 Å². The Hall–Kier alpha value is -2.24. The van der Waals surface area contributed by atoms with Crippen LogP contribution in [0.3, 0.4) is 0 Å². The molecule has 0 aromatic heterocycles.